The number of halogens is 20. The molecule has 0 heterocycles. The van der Waals surface area contributed by atoms with Crippen LogP contribution in [0.3, 0.4) is 0 Å². The Kier molecular flexibility index (Phi) is 11.0. The van der Waals surface area contributed by atoms with Crippen LogP contribution in [-0.4, -0.2) is 105 Å². The van der Waals surface area contributed by atoms with Gasteiger partial charge in [-0.2, -0.15) is 83.4 Å². The molecule has 0 atom stereocenters. The van der Waals surface area contributed by atoms with Gasteiger partial charge in [-0.05, 0) is 0 Å². The minimum absolute atomic E-state index is 0.512. The number of likely N-dealkylation sites (N-methyl/N-ethyl adjacent to an activating group) is 1. The summed E-state index contributed by atoms with van der Waals surface area (Å²) in [5, 5.41) is 0. The normalized spacial score (nSPS) is 16.6. The van der Waals surface area contributed by atoms with Gasteiger partial charge in [0.1, 0.15) is 0 Å². The summed E-state index contributed by atoms with van der Waals surface area (Å²) in [5.74, 6) is -72.9. The molecule has 0 aromatic heterocycles. The first-order valence-electron chi connectivity index (χ1n) is 10.2. The third kappa shape index (κ3) is 7.04. The number of hydrogen-bond donors (Lipinski definition) is 0. The van der Waals surface area contributed by atoms with Crippen LogP contribution in [-0.2, 0) is 14.6 Å². The van der Waals surface area contributed by atoms with E-state index in [0.717, 1.165) is 14.1 Å². The number of hydrogen-bond acceptors (Lipinski definition) is 4. The largest absolute Gasteiger partial charge is 0.726 e. The van der Waals surface area contributed by atoms with Crippen molar-refractivity contribution in [2.75, 3.05) is 33.8 Å². The molecule has 0 N–H and O–H groups in total. The fourth-order valence-electron chi connectivity index (χ4n) is 2.71. The summed E-state index contributed by atoms with van der Waals surface area (Å²) in [6, 6.07) is 0. The van der Waals surface area contributed by atoms with Crippen molar-refractivity contribution >= 4 is 10.4 Å². The highest BCUT2D eigenvalue weighted by Gasteiger charge is 2.96. The topological polar surface area (TPSA) is 66.4 Å². The standard InChI is InChI=1S/C17H15F20NO4S/c1-38(2,5-3-7-42-43(39,40)41)6-4-8(18)9(19,20)10(21,22)11(23,24)12(25,26)13(27,28)14(29,30)15(31,32)16(33,34)17(35,36)37/h4H,3,5-7H2,1-2H3/b8-4-. The molecular formula is C17H15F20NO4S. The van der Waals surface area contributed by atoms with Gasteiger partial charge < -0.3 is 9.04 Å². The minimum atomic E-state index is -9.11. The van der Waals surface area contributed by atoms with E-state index in [1.54, 1.807) is 0 Å². The van der Waals surface area contributed by atoms with Crippen molar-refractivity contribution in [3.8, 4) is 0 Å². The molecule has 0 aliphatic rings. The van der Waals surface area contributed by atoms with E-state index in [-0.39, 0.29) is 0 Å². The molecule has 258 valence electrons. The Labute approximate surface area is 226 Å². The van der Waals surface area contributed by atoms with Gasteiger partial charge in [-0.25, -0.2) is 12.8 Å². The highest BCUT2D eigenvalue weighted by molar-refractivity contribution is 7.80. The summed E-state index contributed by atoms with van der Waals surface area (Å²) in [5.41, 5.74) is 0. The molecule has 0 unspecified atom stereocenters. The molecule has 43 heavy (non-hydrogen) atoms. The average molecular weight is 709 g/mol. The molecule has 0 radical (unpaired) electrons. The van der Waals surface area contributed by atoms with Crippen molar-refractivity contribution in [3.63, 3.8) is 0 Å². The van der Waals surface area contributed by atoms with E-state index in [4.69, 9.17) is 0 Å². The molecule has 0 bridgehead atoms. The third-order valence-corrected chi connectivity index (χ3v) is 5.77. The van der Waals surface area contributed by atoms with E-state index in [9.17, 15) is 101 Å². The Bertz CT molecular complexity index is 1130. The van der Waals surface area contributed by atoms with Crippen molar-refractivity contribution in [3.05, 3.63) is 11.9 Å². The fraction of sp³-hybridized carbons (Fsp3) is 0.882. The van der Waals surface area contributed by atoms with Gasteiger partial charge in [0, 0.05) is 12.5 Å². The monoisotopic (exact) mass is 709 g/mol. The molecule has 0 fully saturated rings. The predicted molar refractivity (Wildman–Crippen MR) is 96.9 cm³/mol. The Morgan fingerprint density at radius 1 is 0.651 bits per heavy atom. The Morgan fingerprint density at radius 3 is 1.30 bits per heavy atom. The maximum Gasteiger partial charge on any atom is 0.460 e. The Morgan fingerprint density at radius 2 is 0.977 bits per heavy atom. The van der Waals surface area contributed by atoms with E-state index in [0.29, 0.717) is 0 Å². The first-order valence-corrected chi connectivity index (χ1v) is 11.5. The quantitative estimate of drug-likeness (QED) is 0.0647. The first-order chi connectivity index (χ1) is 18.3. The summed E-state index contributed by atoms with van der Waals surface area (Å²) >= 11 is 0. The lowest BCUT2D eigenvalue weighted by Gasteiger charge is -2.43. The zero-order chi connectivity index (χ0) is 35.3. The van der Waals surface area contributed by atoms with Gasteiger partial charge in [0.05, 0.1) is 33.8 Å². The van der Waals surface area contributed by atoms with Crippen LogP contribution in [0.2, 0.25) is 0 Å². The molecule has 0 saturated heterocycles. The van der Waals surface area contributed by atoms with Crippen molar-refractivity contribution in [1.29, 1.82) is 0 Å². The molecule has 0 saturated carbocycles. The zero-order valence-corrected chi connectivity index (χ0v) is 21.3. The van der Waals surface area contributed by atoms with Gasteiger partial charge in [0.25, 0.3) is 0 Å². The average Bonchev–Trinajstić information content (AvgIpc) is 2.78. The van der Waals surface area contributed by atoms with Crippen LogP contribution in [0.15, 0.2) is 11.9 Å². The van der Waals surface area contributed by atoms with Crippen LogP contribution in [0.4, 0.5) is 87.8 Å². The molecule has 0 aliphatic heterocycles. The zero-order valence-electron chi connectivity index (χ0n) is 20.5. The van der Waals surface area contributed by atoms with Crippen LogP contribution in [0, 0.1) is 0 Å². The maximum absolute atomic E-state index is 13.9. The van der Waals surface area contributed by atoms with Gasteiger partial charge in [-0.1, -0.05) is 0 Å². The smallest absolute Gasteiger partial charge is 0.460 e. The lowest BCUT2D eigenvalue weighted by molar-refractivity contribution is -0.884. The van der Waals surface area contributed by atoms with Gasteiger partial charge in [0.2, 0.25) is 10.4 Å². The number of nitrogens with zero attached hydrogens (tertiary/aromatic N) is 1. The van der Waals surface area contributed by atoms with Crippen LogP contribution < -0.4 is 0 Å². The minimum Gasteiger partial charge on any atom is -0.726 e. The van der Waals surface area contributed by atoms with Gasteiger partial charge in [-0.15, -0.1) is 0 Å². The number of alkyl halides is 19. The number of allylic oxidation sites excluding steroid dienone is 1. The van der Waals surface area contributed by atoms with Crippen molar-refractivity contribution < 1.29 is 109 Å². The molecule has 0 aromatic rings. The SMILES string of the molecule is C[N+](C)(C/C=C(\F)C(F)(F)C(F)(F)C(F)(F)C(F)(F)C(F)(F)C(F)(F)C(F)(F)C(F)(F)C(F)(F)F)CCCOS(=O)(=O)[O-]. The molecular weight excluding hydrogens is 694 g/mol. The lowest BCUT2D eigenvalue weighted by Crippen LogP contribution is -2.75. The van der Waals surface area contributed by atoms with Crippen LogP contribution >= 0.6 is 0 Å². The summed E-state index contributed by atoms with van der Waals surface area (Å²) < 4.78 is 300. The van der Waals surface area contributed by atoms with Crippen LogP contribution in [0.1, 0.15) is 6.42 Å². The second-order valence-corrected chi connectivity index (χ2v) is 10.1. The van der Waals surface area contributed by atoms with Crippen LogP contribution in [0.25, 0.3) is 0 Å². The Hall–Kier alpha value is -1.83. The maximum atomic E-state index is 13.9. The molecule has 0 spiro atoms. The molecule has 0 rings (SSSR count). The third-order valence-electron chi connectivity index (χ3n) is 5.32. The molecule has 0 aromatic carbocycles. The van der Waals surface area contributed by atoms with Gasteiger partial charge >= 0.3 is 53.6 Å². The van der Waals surface area contributed by atoms with Crippen molar-refractivity contribution in [1.82, 2.24) is 0 Å². The summed E-state index contributed by atoms with van der Waals surface area (Å²) in [7, 11) is -3.51. The molecule has 26 heteroatoms. The number of rotatable bonds is 15. The fourth-order valence-corrected chi connectivity index (χ4v) is 3.03. The molecule has 0 amide bonds. The molecule has 0 aliphatic carbocycles. The van der Waals surface area contributed by atoms with Crippen molar-refractivity contribution in [2.24, 2.45) is 0 Å². The van der Waals surface area contributed by atoms with Gasteiger partial charge in [0.15, 0.2) is 5.83 Å². The second-order valence-electron chi connectivity index (χ2n) is 9.07. The summed E-state index contributed by atoms with van der Waals surface area (Å²) in [6.45, 7) is -2.83. The summed E-state index contributed by atoms with van der Waals surface area (Å²) in [6.07, 6.45) is -9.30. The van der Waals surface area contributed by atoms with Gasteiger partial charge in [-0.3, -0.25) is 4.18 Å². The first kappa shape index (κ1) is 41.2. The highest BCUT2D eigenvalue weighted by Crippen LogP contribution is 2.65. The van der Waals surface area contributed by atoms with Crippen molar-refractivity contribution in [2.45, 2.75) is 60.0 Å². The van der Waals surface area contributed by atoms with E-state index in [2.05, 4.69) is 4.18 Å². The number of quaternary nitrogens is 1. The Balaban J connectivity index is 6.55. The second kappa shape index (κ2) is 11.5. The molecule has 5 nitrogen and oxygen atoms in total. The van der Waals surface area contributed by atoms with Crippen LogP contribution in [0.5, 0.6) is 0 Å². The van der Waals surface area contributed by atoms with E-state index >= 15 is 0 Å². The highest BCUT2D eigenvalue weighted by atomic mass is 32.3. The van der Waals surface area contributed by atoms with E-state index in [1.165, 1.54) is 0 Å². The van der Waals surface area contributed by atoms with E-state index in [1.807, 2.05) is 0 Å². The lowest BCUT2D eigenvalue weighted by atomic mass is 9.87. The predicted octanol–water partition coefficient (Wildman–Crippen LogP) is 6.43. The summed E-state index contributed by atoms with van der Waals surface area (Å²) in [4.78, 5) is 0. The van der Waals surface area contributed by atoms with E-state index < -0.39 is 106 Å².